The number of aromatic nitrogens is 1. The Morgan fingerprint density at radius 2 is 1.81 bits per heavy atom. The molecule has 3 aliphatic heterocycles. The van der Waals surface area contributed by atoms with Crippen LogP contribution >= 0.6 is 0 Å². The molecule has 1 unspecified atom stereocenters. The summed E-state index contributed by atoms with van der Waals surface area (Å²) >= 11 is 0. The molecule has 1 aromatic rings. The number of likely N-dealkylation sites (tertiary alicyclic amines) is 1. The lowest BCUT2D eigenvalue weighted by molar-refractivity contribution is -0.150. The van der Waals surface area contributed by atoms with Crippen molar-refractivity contribution in [3.8, 4) is 0 Å². The van der Waals surface area contributed by atoms with Crippen molar-refractivity contribution >= 4 is 11.7 Å². The third-order valence-corrected chi connectivity index (χ3v) is 7.10. The summed E-state index contributed by atoms with van der Waals surface area (Å²) in [6.45, 7) is 5.79. The van der Waals surface area contributed by atoms with E-state index in [1.165, 1.54) is 38.0 Å². The van der Waals surface area contributed by atoms with Crippen molar-refractivity contribution < 1.29 is 9.53 Å². The van der Waals surface area contributed by atoms with Crippen LogP contribution in [0.15, 0.2) is 24.5 Å². The third kappa shape index (κ3) is 2.81. The molecular weight excluding hydrogens is 326 g/mol. The predicted octanol–water partition coefficient (Wildman–Crippen LogP) is 2.86. The van der Waals surface area contributed by atoms with E-state index in [0.29, 0.717) is 5.41 Å². The number of pyridine rings is 1. The Labute approximate surface area is 155 Å². The first kappa shape index (κ1) is 16.5. The molecule has 0 bridgehead atoms. The average Bonchev–Trinajstić information content (AvgIpc) is 2.89. The van der Waals surface area contributed by atoms with Crippen molar-refractivity contribution in [2.24, 2.45) is 10.8 Å². The first-order chi connectivity index (χ1) is 12.7. The Bertz CT molecular complexity index is 657. The summed E-state index contributed by atoms with van der Waals surface area (Å²) in [4.78, 5) is 21.5. The van der Waals surface area contributed by atoms with Crippen LogP contribution in [0.5, 0.6) is 0 Å². The zero-order valence-electron chi connectivity index (χ0n) is 15.5. The summed E-state index contributed by atoms with van der Waals surface area (Å²) in [5.74, 6) is 0.106. The summed E-state index contributed by atoms with van der Waals surface area (Å²) in [6.07, 6.45) is 11.7. The van der Waals surface area contributed by atoms with Gasteiger partial charge in [0.15, 0.2) is 0 Å². The van der Waals surface area contributed by atoms with Crippen LogP contribution in [0.3, 0.4) is 0 Å². The van der Waals surface area contributed by atoms with E-state index in [4.69, 9.17) is 4.74 Å². The van der Waals surface area contributed by atoms with E-state index in [0.717, 1.165) is 45.3 Å². The molecule has 5 heteroatoms. The van der Waals surface area contributed by atoms with E-state index in [-0.39, 0.29) is 17.5 Å². The molecule has 1 saturated carbocycles. The van der Waals surface area contributed by atoms with Gasteiger partial charge < -0.3 is 14.5 Å². The Morgan fingerprint density at radius 1 is 1.08 bits per heavy atom. The molecule has 4 heterocycles. The van der Waals surface area contributed by atoms with Crippen LogP contribution in [0.4, 0.5) is 5.69 Å². The quantitative estimate of drug-likeness (QED) is 0.777. The number of ether oxygens (including phenoxy) is 1. The van der Waals surface area contributed by atoms with Crippen molar-refractivity contribution in [3.63, 3.8) is 0 Å². The Hall–Kier alpha value is -1.62. The minimum Gasteiger partial charge on any atom is -0.462 e. The topological polar surface area (TPSA) is 45.7 Å². The van der Waals surface area contributed by atoms with E-state index < -0.39 is 0 Å². The minimum absolute atomic E-state index is 0.106. The summed E-state index contributed by atoms with van der Waals surface area (Å²) < 4.78 is 5.76. The van der Waals surface area contributed by atoms with Crippen LogP contribution in [0, 0.1) is 10.8 Å². The number of hydrogen-bond acceptors (Lipinski definition) is 5. The number of nitrogens with zero attached hydrogens (tertiary/aromatic N) is 3. The lowest BCUT2D eigenvalue weighted by atomic mass is 9.71. The van der Waals surface area contributed by atoms with Crippen LogP contribution in [0.1, 0.15) is 44.9 Å². The molecule has 1 aliphatic carbocycles. The summed E-state index contributed by atoms with van der Waals surface area (Å²) in [6, 6.07) is 4.19. The van der Waals surface area contributed by atoms with Crippen LogP contribution in [0.2, 0.25) is 0 Å². The molecule has 5 rings (SSSR count). The van der Waals surface area contributed by atoms with Crippen molar-refractivity contribution in [2.45, 2.75) is 51.0 Å². The highest BCUT2D eigenvalue weighted by Crippen LogP contribution is 2.47. The van der Waals surface area contributed by atoms with Gasteiger partial charge in [0, 0.05) is 62.6 Å². The van der Waals surface area contributed by atoms with Gasteiger partial charge in [-0.1, -0.05) is 19.3 Å². The zero-order chi connectivity index (χ0) is 17.6. The molecule has 0 N–H and O–H groups in total. The first-order valence-corrected chi connectivity index (χ1v) is 10.3. The highest BCUT2D eigenvalue weighted by Gasteiger charge is 2.52. The van der Waals surface area contributed by atoms with Crippen molar-refractivity contribution in [3.05, 3.63) is 24.5 Å². The number of hydrogen-bond donors (Lipinski definition) is 0. The van der Waals surface area contributed by atoms with Crippen LogP contribution < -0.4 is 4.90 Å². The van der Waals surface area contributed by atoms with Gasteiger partial charge in [-0.15, -0.1) is 0 Å². The largest absolute Gasteiger partial charge is 0.462 e. The highest BCUT2D eigenvalue weighted by atomic mass is 16.6. The van der Waals surface area contributed by atoms with Crippen LogP contribution in [-0.4, -0.2) is 54.7 Å². The maximum Gasteiger partial charge on any atom is 0.312 e. The Kier molecular flexibility index (Phi) is 3.96. The lowest BCUT2D eigenvalue weighted by Gasteiger charge is -2.61. The number of cyclic esters (lactones) is 1. The van der Waals surface area contributed by atoms with Gasteiger partial charge >= 0.3 is 5.97 Å². The van der Waals surface area contributed by atoms with Crippen LogP contribution in [0.25, 0.3) is 0 Å². The summed E-state index contributed by atoms with van der Waals surface area (Å²) in [5, 5.41) is 0. The van der Waals surface area contributed by atoms with Gasteiger partial charge in [-0.3, -0.25) is 9.78 Å². The molecule has 0 amide bonds. The number of carbonyl (C=O) groups excluding carboxylic acids is 1. The van der Waals surface area contributed by atoms with Gasteiger partial charge in [0.05, 0.1) is 5.41 Å². The van der Waals surface area contributed by atoms with Gasteiger partial charge in [0.2, 0.25) is 0 Å². The molecule has 4 fully saturated rings. The Balaban J connectivity index is 1.06. The monoisotopic (exact) mass is 355 g/mol. The fourth-order valence-corrected chi connectivity index (χ4v) is 5.72. The third-order valence-electron chi connectivity index (χ3n) is 7.10. The van der Waals surface area contributed by atoms with E-state index in [9.17, 15) is 4.79 Å². The maximum atomic E-state index is 12.4. The van der Waals surface area contributed by atoms with Gasteiger partial charge in [0.25, 0.3) is 0 Å². The summed E-state index contributed by atoms with van der Waals surface area (Å²) in [5.41, 5.74) is 1.68. The van der Waals surface area contributed by atoms with Crippen LogP contribution in [-0.2, 0) is 9.53 Å². The second-order valence-electron chi connectivity index (χ2n) is 9.13. The Morgan fingerprint density at radius 3 is 2.54 bits per heavy atom. The van der Waals surface area contributed by atoms with Gasteiger partial charge in [-0.2, -0.15) is 0 Å². The molecule has 2 spiro atoms. The maximum absolute atomic E-state index is 12.4. The van der Waals surface area contributed by atoms with E-state index in [1.807, 2.05) is 12.4 Å². The molecule has 0 radical (unpaired) electrons. The van der Waals surface area contributed by atoms with E-state index in [1.54, 1.807) is 0 Å². The molecule has 26 heavy (non-hydrogen) atoms. The number of rotatable bonds is 4. The first-order valence-electron chi connectivity index (χ1n) is 10.3. The molecule has 1 aromatic heterocycles. The predicted molar refractivity (Wildman–Crippen MR) is 100.0 cm³/mol. The minimum atomic E-state index is -0.113. The SMILES string of the molecule is O=C1OC(CCN2CC3(C2)CN(c2ccncc2)C3)CC12CCCCC2. The molecule has 3 saturated heterocycles. The lowest BCUT2D eigenvalue weighted by Crippen LogP contribution is -2.72. The normalized spacial score (nSPS) is 29.5. The molecule has 0 aromatic carbocycles. The second kappa shape index (κ2) is 6.22. The van der Waals surface area contributed by atoms with Crippen molar-refractivity contribution in [2.75, 3.05) is 37.6 Å². The second-order valence-corrected chi connectivity index (χ2v) is 9.13. The molecule has 140 valence electrons. The standard InChI is InChI=1S/C21H29N3O2/c25-19-21(7-2-1-3-8-21)12-18(26-19)6-11-23-13-20(14-23)15-24(16-20)17-4-9-22-10-5-17/h4-5,9-10,18H,1-3,6-8,11-16H2. The zero-order valence-corrected chi connectivity index (χ0v) is 15.5. The number of esters is 1. The fourth-order valence-electron chi connectivity index (χ4n) is 5.72. The smallest absolute Gasteiger partial charge is 0.312 e. The highest BCUT2D eigenvalue weighted by molar-refractivity contribution is 5.79. The fraction of sp³-hybridized carbons (Fsp3) is 0.714. The average molecular weight is 355 g/mol. The van der Waals surface area contributed by atoms with Crippen molar-refractivity contribution in [1.82, 2.24) is 9.88 Å². The molecule has 4 aliphatic rings. The van der Waals surface area contributed by atoms with Gasteiger partial charge in [0.1, 0.15) is 6.10 Å². The van der Waals surface area contributed by atoms with E-state index in [2.05, 4.69) is 26.9 Å². The molecule has 5 nitrogen and oxygen atoms in total. The van der Waals surface area contributed by atoms with Gasteiger partial charge in [-0.05, 0) is 31.4 Å². The molecular formula is C21H29N3O2. The molecule has 1 atom stereocenters. The van der Waals surface area contributed by atoms with E-state index >= 15 is 0 Å². The van der Waals surface area contributed by atoms with Gasteiger partial charge in [-0.25, -0.2) is 0 Å². The van der Waals surface area contributed by atoms with Crippen molar-refractivity contribution in [1.29, 1.82) is 0 Å². The number of carbonyl (C=O) groups is 1. The number of anilines is 1. The summed E-state index contributed by atoms with van der Waals surface area (Å²) in [7, 11) is 0.